The number of amides is 1. The van der Waals surface area contributed by atoms with Gasteiger partial charge in [-0.15, -0.1) is 0 Å². The Morgan fingerprint density at radius 1 is 1.03 bits per heavy atom. The first-order valence-corrected chi connectivity index (χ1v) is 14.1. The van der Waals surface area contributed by atoms with E-state index in [2.05, 4.69) is 11.5 Å². The third-order valence-electron chi connectivity index (χ3n) is 8.00. The molecule has 1 amide bonds. The van der Waals surface area contributed by atoms with Gasteiger partial charge in [-0.3, -0.25) is 4.79 Å². The van der Waals surface area contributed by atoms with Gasteiger partial charge in [-0.05, 0) is 113 Å². The van der Waals surface area contributed by atoms with Gasteiger partial charge in [0.25, 0.3) is 5.91 Å². The molecule has 3 nitrogen and oxygen atoms in total. The summed E-state index contributed by atoms with van der Waals surface area (Å²) < 4.78 is 26.5. The van der Waals surface area contributed by atoms with Crippen molar-refractivity contribution >= 4 is 5.91 Å². The summed E-state index contributed by atoms with van der Waals surface area (Å²) >= 11 is 0. The Balaban J connectivity index is 0.000000732. The van der Waals surface area contributed by atoms with Crippen LogP contribution >= 0.6 is 0 Å². The molecule has 5 heteroatoms. The number of nitrogens with zero attached hydrogens (tertiary/aromatic N) is 2. The van der Waals surface area contributed by atoms with E-state index < -0.39 is 0 Å². The highest BCUT2D eigenvalue weighted by atomic mass is 19.1. The van der Waals surface area contributed by atoms with Crippen molar-refractivity contribution in [1.82, 2.24) is 9.80 Å². The Bertz CT molecular complexity index is 1030. The molecule has 2 fully saturated rings. The van der Waals surface area contributed by atoms with Gasteiger partial charge in [0, 0.05) is 25.2 Å². The smallest absolute Gasteiger partial charge is 0.253 e. The molecule has 0 bridgehead atoms. The molecular weight excluding hydrogens is 478 g/mol. The Morgan fingerprint density at radius 2 is 1.76 bits per heavy atom. The largest absolute Gasteiger partial charge is 0.339 e. The summed E-state index contributed by atoms with van der Waals surface area (Å²) in [5, 5.41) is 0. The summed E-state index contributed by atoms with van der Waals surface area (Å²) in [6, 6.07) is 13.1. The fourth-order valence-electron chi connectivity index (χ4n) is 5.76. The summed E-state index contributed by atoms with van der Waals surface area (Å²) in [6.45, 7) is 8.88. The minimum absolute atomic E-state index is 0.0819. The zero-order chi connectivity index (χ0) is 27.3. The maximum Gasteiger partial charge on any atom is 0.253 e. The van der Waals surface area contributed by atoms with Crippen molar-refractivity contribution in [2.24, 2.45) is 11.8 Å². The number of halogens is 2. The van der Waals surface area contributed by atoms with Crippen molar-refractivity contribution < 1.29 is 13.6 Å². The Hall–Kier alpha value is -2.79. The molecule has 0 N–H and O–H groups in total. The number of carbonyl (C=O) groups is 1. The molecular formula is C33H44F2N2O. The van der Waals surface area contributed by atoms with Crippen LogP contribution in [0.1, 0.15) is 67.8 Å². The fourth-order valence-corrected chi connectivity index (χ4v) is 5.76. The van der Waals surface area contributed by atoms with Crippen molar-refractivity contribution in [3.05, 3.63) is 96.1 Å². The van der Waals surface area contributed by atoms with Gasteiger partial charge in [-0.2, -0.15) is 0 Å². The lowest BCUT2D eigenvalue weighted by atomic mass is 9.90. The monoisotopic (exact) mass is 522 g/mol. The van der Waals surface area contributed by atoms with Crippen LogP contribution in [-0.4, -0.2) is 48.4 Å². The second-order valence-electron chi connectivity index (χ2n) is 10.8. The van der Waals surface area contributed by atoms with Gasteiger partial charge in [-0.25, -0.2) is 8.78 Å². The zero-order valence-electron chi connectivity index (χ0n) is 23.1. The van der Waals surface area contributed by atoms with E-state index in [1.807, 2.05) is 43.2 Å². The Labute approximate surface area is 228 Å². The summed E-state index contributed by atoms with van der Waals surface area (Å²) in [6.07, 6.45) is 14.8. The SMILES string of the molecule is C=C/C=C\C.CN(C(=O)c1cccc(F)c1)C1CCC(CN2CCC(CCCc3ccc(F)cc3)CC2)C1. The summed E-state index contributed by atoms with van der Waals surface area (Å²) in [4.78, 5) is 17.2. The molecule has 1 aliphatic heterocycles. The van der Waals surface area contributed by atoms with Crippen LogP contribution in [0.2, 0.25) is 0 Å². The van der Waals surface area contributed by atoms with E-state index in [0.29, 0.717) is 11.5 Å². The Morgan fingerprint density at radius 3 is 2.39 bits per heavy atom. The van der Waals surface area contributed by atoms with E-state index >= 15 is 0 Å². The number of hydrogen-bond donors (Lipinski definition) is 0. The number of benzene rings is 2. The van der Waals surface area contributed by atoms with Crippen molar-refractivity contribution in [3.63, 3.8) is 0 Å². The van der Waals surface area contributed by atoms with Gasteiger partial charge in [-0.1, -0.05) is 49.4 Å². The highest BCUT2D eigenvalue weighted by molar-refractivity contribution is 5.94. The molecule has 2 aromatic carbocycles. The van der Waals surface area contributed by atoms with E-state index in [-0.39, 0.29) is 23.6 Å². The fraction of sp³-hybridized carbons (Fsp3) is 0.485. The van der Waals surface area contributed by atoms with Crippen molar-refractivity contribution in [2.75, 3.05) is 26.7 Å². The number of allylic oxidation sites excluding steroid dienone is 3. The maximum absolute atomic E-state index is 13.5. The van der Waals surface area contributed by atoms with Gasteiger partial charge < -0.3 is 9.80 Å². The number of aryl methyl sites for hydroxylation is 1. The standard InChI is InChI=1S/C28H36F2N2O.C5H8/c1-31(28(33)24-6-3-7-26(30)19-24)27-13-10-23(18-27)20-32-16-14-22(15-17-32)5-2-4-21-8-11-25(29)12-9-21;1-3-5-4-2/h3,6-9,11-12,19,22-23,27H,2,4-5,10,13-18,20H2,1H3;3-5H,1H2,2H3/b;5-4-. The molecule has 2 aromatic rings. The third-order valence-corrected chi connectivity index (χ3v) is 8.00. The molecule has 1 aliphatic carbocycles. The molecule has 1 heterocycles. The lowest BCUT2D eigenvalue weighted by Crippen LogP contribution is -2.38. The number of rotatable bonds is 9. The second-order valence-corrected chi connectivity index (χ2v) is 10.8. The summed E-state index contributed by atoms with van der Waals surface area (Å²) in [7, 11) is 1.86. The van der Waals surface area contributed by atoms with Crippen molar-refractivity contribution in [1.29, 1.82) is 0 Å². The van der Waals surface area contributed by atoms with E-state index in [9.17, 15) is 13.6 Å². The lowest BCUT2D eigenvalue weighted by molar-refractivity contribution is 0.0728. The summed E-state index contributed by atoms with van der Waals surface area (Å²) in [5.41, 5.74) is 1.66. The molecule has 4 rings (SSSR count). The van der Waals surface area contributed by atoms with E-state index in [4.69, 9.17) is 0 Å². The van der Waals surface area contributed by atoms with Crippen LogP contribution in [0.3, 0.4) is 0 Å². The predicted molar refractivity (Wildman–Crippen MR) is 153 cm³/mol. The number of hydrogen-bond acceptors (Lipinski definition) is 2. The molecule has 0 spiro atoms. The second kappa shape index (κ2) is 15.6. The highest BCUT2D eigenvalue weighted by Gasteiger charge is 2.32. The summed E-state index contributed by atoms with van der Waals surface area (Å²) in [5.74, 6) is 0.823. The van der Waals surface area contributed by atoms with Gasteiger partial charge >= 0.3 is 0 Å². The molecule has 2 unspecified atom stereocenters. The van der Waals surface area contributed by atoms with Crippen LogP contribution in [0.5, 0.6) is 0 Å². The van der Waals surface area contributed by atoms with Crippen LogP contribution in [0.15, 0.2) is 73.3 Å². The first-order valence-electron chi connectivity index (χ1n) is 14.1. The van der Waals surface area contributed by atoms with Gasteiger partial charge in [0.2, 0.25) is 0 Å². The average Bonchev–Trinajstić information content (AvgIpc) is 3.39. The molecule has 206 valence electrons. The third kappa shape index (κ3) is 9.50. The van der Waals surface area contributed by atoms with E-state index in [1.165, 1.54) is 56.5 Å². The average molecular weight is 523 g/mol. The first kappa shape index (κ1) is 29.8. The number of piperidine rings is 1. The first-order chi connectivity index (χ1) is 18.4. The van der Waals surface area contributed by atoms with E-state index in [1.54, 1.807) is 30.3 Å². The minimum Gasteiger partial charge on any atom is -0.339 e. The molecule has 1 saturated carbocycles. The van der Waals surface area contributed by atoms with Crippen LogP contribution < -0.4 is 0 Å². The van der Waals surface area contributed by atoms with Crippen LogP contribution in [-0.2, 0) is 6.42 Å². The van der Waals surface area contributed by atoms with Gasteiger partial charge in [0.1, 0.15) is 11.6 Å². The highest BCUT2D eigenvalue weighted by Crippen LogP contribution is 2.32. The number of carbonyl (C=O) groups excluding carboxylic acids is 1. The maximum atomic E-state index is 13.5. The molecule has 0 aromatic heterocycles. The van der Waals surface area contributed by atoms with Gasteiger partial charge in [0.05, 0.1) is 0 Å². The van der Waals surface area contributed by atoms with Crippen molar-refractivity contribution in [2.45, 2.75) is 64.3 Å². The van der Waals surface area contributed by atoms with Crippen LogP contribution in [0.4, 0.5) is 8.78 Å². The quantitative estimate of drug-likeness (QED) is 0.315. The van der Waals surface area contributed by atoms with Crippen LogP contribution in [0, 0.1) is 23.5 Å². The Kier molecular flexibility index (Phi) is 12.2. The minimum atomic E-state index is -0.364. The normalized spacial score (nSPS) is 20.2. The zero-order valence-corrected chi connectivity index (χ0v) is 23.1. The molecule has 2 atom stereocenters. The molecule has 0 radical (unpaired) electrons. The molecule has 2 aliphatic rings. The molecule has 1 saturated heterocycles. The topological polar surface area (TPSA) is 23.6 Å². The lowest BCUT2D eigenvalue weighted by Gasteiger charge is -2.34. The predicted octanol–water partition coefficient (Wildman–Crippen LogP) is 7.69. The van der Waals surface area contributed by atoms with E-state index in [0.717, 1.165) is 38.1 Å². The molecule has 38 heavy (non-hydrogen) atoms. The number of likely N-dealkylation sites (tertiary alicyclic amines) is 1. The van der Waals surface area contributed by atoms with Crippen molar-refractivity contribution in [3.8, 4) is 0 Å². The van der Waals surface area contributed by atoms with Gasteiger partial charge in [0.15, 0.2) is 0 Å². The van der Waals surface area contributed by atoms with Crippen LogP contribution in [0.25, 0.3) is 0 Å².